The van der Waals surface area contributed by atoms with E-state index >= 15 is 0 Å². The number of nitrogens with one attached hydrogen (secondary N) is 1. The van der Waals surface area contributed by atoms with E-state index in [4.69, 9.17) is 23.2 Å². The molecular weight excluding hydrogens is 345 g/mol. The molecule has 1 heterocycles. The van der Waals surface area contributed by atoms with E-state index in [1.807, 2.05) is 31.2 Å². The van der Waals surface area contributed by atoms with Gasteiger partial charge in [0, 0.05) is 11.3 Å². The van der Waals surface area contributed by atoms with Crippen LogP contribution < -0.4 is 5.32 Å². The second kappa shape index (κ2) is 6.99. The van der Waals surface area contributed by atoms with Crippen molar-refractivity contribution in [2.24, 2.45) is 0 Å². The molecular formula is C18H13Cl2N3O. The average Bonchev–Trinajstić information content (AvgIpc) is 2.59. The molecule has 0 saturated heterocycles. The summed E-state index contributed by atoms with van der Waals surface area (Å²) in [5.74, 6) is -0.303. The highest BCUT2D eigenvalue weighted by Crippen LogP contribution is 2.27. The molecule has 1 aromatic heterocycles. The van der Waals surface area contributed by atoms with Crippen LogP contribution in [0.5, 0.6) is 0 Å². The lowest BCUT2D eigenvalue weighted by atomic mass is 10.1. The Bertz CT molecular complexity index is 895. The summed E-state index contributed by atoms with van der Waals surface area (Å²) in [4.78, 5) is 20.6. The van der Waals surface area contributed by atoms with Crippen LogP contribution in [0.1, 0.15) is 16.1 Å². The van der Waals surface area contributed by atoms with Crippen LogP contribution in [0.3, 0.4) is 0 Å². The van der Waals surface area contributed by atoms with E-state index in [1.54, 1.807) is 24.3 Å². The molecule has 1 N–H and O–H groups in total. The van der Waals surface area contributed by atoms with Gasteiger partial charge in [-0.2, -0.15) is 0 Å². The third-order valence-electron chi connectivity index (χ3n) is 3.42. The van der Waals surface area contributed by atoms with Gasteiger partial charge < -0.3 is 5.32 Å². The third kappa shape index (κ3) is 3.72. The van der Waals surface area contributed by atoms with Gasteiger partial charge in [0.1, 0.15) is 12.0 Å². The zero-order valence-electron chi connectivity index (χ0n) is 12.8. The first kappa shape index (κ1) is 16.4. The van der Waals surface area contributed by atoms with Crippen LogP contribution in [0.2, 0.25) is 10.0 Å². The highest BCUT2D eigenvalue weighted by atomic mass is 35.5. The van der Waals surface area contributed by atoms with Crippen LogP contribution in [0.15, 0.2) is 54.9 Å². The predicted octanol–water partition coefficient (Wildman–Crippen LogP) is 5.01. The van der Waals surface area contributed by atoms with Crippen molar-refractivity contribution >= 4 is 34.8 Å². The lowest BCUT2D eigenvalue weighted by Crippen LogP contribution is -2.14. The van der Waals surface area contributed by atoms with E-state index in [0.29, 0.717) is 21.4 Å². The van der Waals surface area contributed by atoms with Crippen molar-refractivity contribution in [1.29, 1.82) is 0 Å². The van der Waals surface area contributed by atoms with Crippen LogP contribution in [0.4, 0.5) is 5.69 Å². The Hall–Kier alpha value is -2.43. The summed E-state index contributed by atoms with van der Waals surface area (Å²) >= 11 is 12.0. The van der Waals surface area contributed by atoms with Gasteiger partial charge in [-0.15, -0.1) is 0 Å². The van der Waals surface area contributed by atoms with Gasteiger partial charge in [-0.05, 0) is 37.3 Å². The van der Waals surface area contributed by atoms with Crippen LogP contribution in [-0.2, 0) is 0 Å². The Morgan fingerprint density at radius 1 is 0.958 bits per heavy atom. The summed E-state index contributed by atoms with van der Waals surface area (Å²) in [5, 5.41) is 3.70. The SMILES string of the molecule is Cc1ccc(NC(=O)c2cc(-c3ccc(Cl)c(Cl)c3)ncn2)cc1. The molecule has 0 aliphatic heterocycles. The second-order valence-corrected chi connectivity index (χ2v) is 6.05. The fraction of sp³-hybridized carbons (Fsp3) is 0.0556. The summed E-state index contributed by atoms with van der Waals surface area (Å²) in [6.45, 7) is 1.99. The molecule has 120 valence electrons. The Balaban J connectivity index is 1.85. The summed E-state index contributed by atoms with van der Waals surface area (Å²) < 4.78 is 0. The zero-order chi connectivity index (χ0) is 17.1. The van der Waals surface area contributed by atoms with Crippen molar-refractivity contribution < 1.29 is 4.79 Å². The molecule has 0 spiro atoms. The number of carbonyl (C=O) groups excluding carboxylic acids is 1. The minimum absolute atomic E-state index is 0.270. The number of hydrogen-bond donors (Lipinski definition) is 1. The van der Waals surface area contributed by atoms with Gasteiger partial charge in [-0.25, -0.2) is 9.97 Å². The molecule has 0 aliphatic rings. The first-order valence-corrected chi connectivity index (χ1v) is 7.94. The van der Waals surface area contributed by atoms with Crippen LogP contribution in [0, 0.1) is 6.92 Å². The second-order valence-electron chi connectivity index (χ2n) is 5.24. The van der Waals surface area contributed by atoms with E-state index in [1.165, 1.54) is 6.33 Å². The summed E-state index contributed by atoms with van der Waals surface area (Å²) in [5.41, 5.74) is 3.46. The van der Waals surface area contributed by atoms with E-state index < -0.39 is 0 Å². The lowest BCUT2D eigenvalue weighted by Gasteiger charge is -2.07. The van der Waals surface area contributed by atoms with E-state index in [0.717, 1.165) is 11.1 Å². The van der Waals surface area contributed by atoms with Crippen molar-refractivity contribution in [1.82, 2.24) is 9.97 Å². The molecule has 24 heavy (non-hydrogen) atoms. The number of carbonyl (C=O) groups is 1. The molecule has 4 nitrogen and oxygen atoms in total. The molecule has 0 saturated carbocycles. The van der Waals surface area contributed by atoms with Crippen molar-refractivity contribution in [2.45, 2.75) is 6.92 Å². The fourth-order valence-corrected chi connectivity index (χ4v) is 2.42. The van der Waals surface area contributed by atoms with Gasteiger partial charge >= 0.3 is 0 Å². The fourth-order valence-electron chi connectivity index (χ4n) is 2.13. The van der Waals surface area contributed by atoms with E-state index in [2.05, 4.69) is 15.3 Å². The molecule has 6 heteroatoms. The zero-order valence-corrected chi connectivity index (χ0v) is 14.3. The first-order valence-electron chi connectivity index (χ1n) is 7.18. The summed E-state index contributed by atoms with van der Waals surface area (Å²) in [6, 6.07) is 14.3. The quantitative estimate of drug-likeness (QED) is 0.716. The predicted molar refractivity (Wildman–Crippen MR) is 96.6 cm³/mol. The maximum atomic E-state index is 12.4. The average molecular weight is 358 g/mol. The van der Waals surface area contributed by atoms with E-state index in [9.17, 15) is 4.79 Å². The van der Waals surface area contributed by atoms with Crippen molar-refractivity contribution in [3.05, 3.63) is 76.2 Å². The molecule has 2 aromatic carbocycles. The lowest BCUT2D eigenvalue weighted by molar-refractivity contribution is 0.102. The maximum Gasteiger partial charge on any atom is 0.274 e. The molecule has 0 aliphatic carbocycles. The molecule has 3 aromatic rings. The van der Waals surface area contributed by atoms with Gasteiger partial charge in [-0.1, -0.05) is 47.0 Å². The normalized spacial score (nSPS) is 10.5. The Morgan fingerprint density at radius 2 is 1.71 bits per heavy atom. The largest absolute Gasteiger partial charge is 0.321 e. The van der Waals surface area contributed by atoms with Crippen molar-refractivity contribution in [3.63, 3.8) is 0 Å². The van der Waals surface area contributed by atoms with E-state index in [-0.39, 0.29) is 11.6 Å². The van der Waals surface area contributed by atoms with Crippen molar-refractivity contribution in [2.75, 3.05) is 5.32 Å². The highest BCUT2D eigenvalue weighted by molar-refractivity contribution is 6.42. The monoisotopic (exact) mass is 357 g/mol. The smallest absolute Gasteiger partial charge is 0.274 e. The van der Waals surface area contributed by atoms with Gasteiger partial charge in [0.25, 0.3) is 5.91 Å². The summed E-state index contributed by atoms with van der Waals surface area (Å²) in [6.07, 6.45) is 1.35. The number of rotatable bonds is 3. The number of amides is 1. The Labute approximate surface area is 149 Å². The number of anilines is 1. The Kier molecular flexibility index (Phi) is 4.79. The van der Waals surface area contributed by atoms with Gasteiger partial charge in [0.15, 0.2) is 0 Å². The maximum absolute atomic E-state index is 12.4. The highest BCUT2D eigenvalue weighted by Gasteiger charge is 2.11. The minimum Gasteiger partial charge on any atom is -0.321 e. The topological polar surface area (TPSA) is 54.9 Å². The van der Waals surface area contributed by atoms with Crippen molar-refractivity contribution in [3.8, 4) is 11.3 Å². The van der Waals surface area contributed by atoms with Gasteiger partial charge in [-0.3, -0.25) is 4.79 Å². The molecule has 0 bridgehead atoms. The molecule has 0 atom stereocenters. The van der Waals surface area contributed by atoms with Crippen LogP contribution >= 0.6 is 23.2 Å². The minimum atomic E-state index is -0.303. The molecule has 1 amide bonds. The third-order valence-corrected chi connectivity index (χ3v) is 4.16. The van der Waals surface area contributed by atoms with Gasteiger partial charge in [0.05, 0.1) is 15.7 Å². The Morgan fingerprint density at radius 3 is 2.42 bits per heavy atom. The number of halogens is 2. The number of benzene rings is 2. The number of hydrogen-bond acceptors (Lipinski definition) is 3. The standard InChI is InChI=1S/C18H13Cl2N3O/c1-11-2-5-13(6-3-11)23-18(24)17-9-16(21-10-22-17)12-4-7-14(19)15(20)8-12/h2-10H,1H3,(H,23,24). The van der Waals surface area contributed by atoms with Crippen LogP contribution in [0.25, 0.3) is 11.3 Å². The number of aryl methyl sites for hydroxylation is 1. The van der Waals surface area contributed by atoms with Gasteiger partial charge in [0.2, 0.25) is 0 Å². The molecule has 0 radical (unpaired) electrons. The molecule has 0 fully saturated rings. The molecule has 0 unspecified atom stereocenters. The van der Waals surface area contributed by atoms with Crippen LogP contribution in [-0.4, -0.2) is 15.9 Å². The first-order chi connectivity index (χ1) is 11.5. The molecule has 3 rings (SSSR count). The number of nitrogens with zero attached hydrogens (tertiary/aromatic N) is 2. The summed E-state index contributed by atoms with van der Waals surface area (Å²) in [7, 11) is 0. The number of aromatic nitrogens is 2.